The Morgan fingerprint density at radius 2 is 2.00 bits per heavy atom. The van der Waals surface area contributed by atoms with Gasteiger partial charge in [-0.25, -0.2) is 8.42 Å². The number of hydrogen-bond donors (Lipinski definition) is 0. The molecule has 19 heavy (non-hydrogen) atoms. The Labute approximate surface area is 113 Å². The van der Waals surface area contributed by atoms with Gasteiger partial charge in [-0.2, -0.15) is 0 Å². The number of rotatable bonds is 0. The molecule has 97 valence electrons. The van der Waals surface area contributed by atoms with Crippen LogP contribution in [0.15, 0.2) is 48.6 Å². The molecule has 1 unspecified atom stereocenters. The fraction of sp³-hybridized carbons (Fsp3) is 0.267. The summed E-state index contributed by atoms with van der Waals surface area (Å²) < 4.78 is 27.2. The minimum atomic E-state index is -3.36. The molecule has 0 aromatic heterocycles. The fourth-order valence-corrected chi connectivity index (χ4v) is 5.41. The first-order chi connectivity index (χ1) is 9.18. The molecule has 3 aliphatic rings. The van der Waals surface area contributed by atoms with Gasteiger partial charge in [-0.05, 0) is 24.5 Å². The molecule has 0 N–H and O–H groups in total. The van der Waals surface area contributed by atoms with Crippen LogP contribution in [-0.2, 0) is 16.4 Å². The number of fused-ring (bicyclic) bond motifs is 4. The standard InChI is InChI=1S/C15H14NO2S/c17-19(18)15-8-4-2-6-12(15)10-13-9-11-5-1-3-7-14(11)16(13)19/h1-8,12-13H,9-10H2/t12?,13-/m0/s1. The summed E-state index contributed by atoms with van der Waals surface area (Å²) >= 11 is 0. The van der Waals surface area contributed by atoms with Gasteiger partial charge in [0.1, 0.15) is 5.25 Å². The Bertz CT molecular complexity index is 690. The molecule has 2 aliphatic heterocycles. The Morgan fingerprint density at radius 1 is 1.16 bits per heavy atom. The Hall–Kier alpha value is -1.55. The number of anilines is 1. The summed E-state index contributed by atoms with van der Waals surface area (Å²) in [6, 6.07) is 7.90. The summed E-state index contributed by atoms with van der Waals surface area (Å²) in [6.45, 7) is 0. The number of benzene rings is 1. The molecular weight excluding hydrogens is 258 g/mol. The third kappa shape index (κ3) is 1.46. The predicted molar refractivity (Wildman–Crippen MR) is 75.0 cm³/mol. The van der Waals surface area contributed by atoms with E-state index < -0.39 is 10.0 Å². The molecule has 4 rings (SSSR count). The van der Waals surface area contributed by atoms with E-state index in [1.807, 2.05) is 42.5 Å². The SMILES string of the molecule is O=S1(=O)[C]2C=CC=CC2C[C@@H]2Cc3ccccc3N21. The molecule has 4 heteroatoms. The maximum absolute atomic E-state index is 12.8. The van der Waals surface area contributed by atoms with Crippen molar-refractivity contribution < 1.29 is 8.42 Å². The van der Waals surface area contributed by atoms with E-state index in [2.05, 4.69) is 0 Å². The zero-order chi connectivity index (χ0) is 13.0. The molecule has 2 atom stereocenters. The van der Waals surface area contributed by atoms with Gasteiger partial charge in [-0.15, -0.1) is 0 Å². The highest BCUT2D eigenvalue weighted by atomic mass is 32.2. The molecule has 0 bridgehead atoms. The van der Waals surface area contributed by atoms with Crippen molar-refractivity contribution in [2.75, 3.05) is 4.31 Å². The number of para-hydroxylation sites is 1. The normalized spacial score (nSPS) is 30.8. The van der Waals surface area contributed by atoms with Gasteiger partial charge in [0, 0.05) is 12.0 Å². The lowest BCUT2D eigenvalue weighted by Crippen LogP contribution is -2.48. The van der Waals surface area contributed by atoms with E-state index in [0.29, 0.717) is 5.25 Å². The first kappa shape index (κ1) is 11.3. The van der Waals surface area contributed by atoms with Crippen LogP contribution in [0.1, 0.15) is 12.0 Å². The molecule has 2 heterocycles. The highest BCUT2D eigenvalue weighted by Crippen LogP contribution is 2.47. The van der Waals surface area contributed by atoms with Crippen LogP contribution >= 0.6 is 0 Å². The van der Waals surface area contributed by atoms with Crippen LogP contribution < -0.4 is 4.31 Å². The zero-order valence-corrected chi connectivity index (χ0v) is 11.2. The van der Waals surface area contributed by atoms with E-state index in [1.54, 1.807) is 10.4 Å². The van der Waals surface area contributed by atoms with Crippen LogP contribution in [0.5, 0.6) is 0 Å². The second kappa shape index (κ2) is 3.73. The molecule has 0 amide bonds. The molecule has 0 spiro atoms. The second-order valence-electron chi connectivity index (χ2n) is 5.28. The van der Waals surface area contributed by atoms with Gasteiger partial charge in [0.15, 0.2) is 0 Å². The van der Waals surface area contributed by atoms with E-state index in [-0.39, 0.29) is 12.0 Å². The quantitative estimate of drug-likeness (QED) is 0.727. The fourth-order valence-electron chi connectivity index (χ4n) is 3.38. The average Bonchev–Trinajstić information content (AvgIpc) is 2.77. The third-order valence-corrected chi connectivity index (χ3v) is 6.23. The molecule has 1 fully saturated rings. The predicted octanol–water partition coefficient (Wildman–Crippen LogP) is 2.43. The van der Waals surface area contributed by atoms with Crippen molar-refractivity contribution in [3.05, 3.63) is 59.4 Å². The smallest absolute Gasteiger partial charge is 0.247 e. The maximum Gasteiger partial charge on any atom is 0.247 e. The Morgan fingerprint density at radius 3 is 2.89 bits per heavy atom. The van der Waals surface area contributed by atoms with Crippen molar-refractivity contribution in [2.24, 2.45) is 5.92 Å². The van der Waals surface area contributed by atoms with Gasteiger partial charge >= 0.3 is 0 Å². The van der Waals surface area contributed by atoms with Crippen molar-refractivity contribution in [3.63, 3.8) is 0 Å². The summed E-state index contributed by atoms with van der Waals surface area (Å²) in [6.07, 6.45) is 9.22. The summed E-state index contributed by atoms with van der Waals surface area (Å²) in [5.41, 5.74) is 2.00. The van der Waals surface area contributed by atoms with Crippen LogP contribution in [0.3, 0.4) is 0 Å². The van der Waals surface area contributed by atoms with Crippen LogP contribution in [-0.4, -0.2) is 14.5 Å². The minimum absolute atomic E-state index is 0.0468. The summed E-state index contributed by atoms with van der Waals surface area (Å²) in [4.78, 5) is 0. The zero-order valence-electron chi connectivity index (χ0n) is 10.4. The average molecular weight is 272 g/mol. The van der Waals surface area contributed by atoms with E-state index in [9.17, 15) is 8.42 Å². The van der Waals surface area contributed by atoms with E-state index in [1.165, 1.54) is 0 Å². The third-order valence-electron chi connectivity index (χ3n) is 4.18. The van der Waals surface area contributed by atoms with E-state index in [4.69, 9.17) is 0 Å². The van der Waals surface area contributed by atoms with Crippen molar-refractivity contribution in [1.82, 2.24) is 0 Å². The number of allylic oxidation sites excluding steroid dienone is 3. The largest absolute Gasteiger partial charge is 0.266 e. The molecule has 1 aromatic carbocycles. The van der Waals surface area contributed by atoms with Crippen LogP contribution in [0.25, 0.3) is 0 Å². The van der Waals surface area contributed by atoms with Gasteiger partial charge in [0.25, 0.3) is 0 Å². The molecule has 1 saturated heterocycles. The number of sulfonamides is 1. The lowest BCUT2D eigenvalue weighted by Gasteiger charge is -2.39. The van der Waals surface area contributed by atoms with Crippen molar-refractivity contribution in [2.45, 2.75) is 18.9 Å². The van der Waals surface area contributed by atoms with Crippen molar-refractivity contribution in [3.8, 4) is 0 Å². The highest BCUT2D eigenvalue weighted by Gasteiger charge is 2.49. The Balaban J connectivity index is 1.87. The summed E-state index contributed by atoms with van der Waals surface area (Å²) in [7, 11) is -3.36. The van der Waals surface area contributed by atoms with E-state index in [0.717, 1.165) is 24.1 Å². The monoisotopic (exact) mass is 272 g/mol. The van der Waals surface area contributed by atoms with Crippen molar-refractivity contribution >= 4 is 15.7 Å². The molecule has 1 aliphatic carbocycles. The lowest BCUT2D eigenvalue weighted by molar-refractivity contribution is 0.498. The van der Waals surface area contributed by atoms with Crippen LogP contribution in [0.4, 0.5) is 5.69 Å². The molecular formula is C15H14NO2S. The van der Waals surface area contributed by atoms with Crippen LogP contribution in [0.2, 0.25) is 0 Å². The summed E-state index contributed by atoms with van der Waals surface area (Å²) in [5.74, 6) is 0.0468. The van der Waals surface area contributed by atoms with Gasteiger partial charge in [-0.1, -0.05) is 42.5 Å². The topological polar surface area (TPSA) is 37.4 Å². The first-order valence-electron chi connectivity index (χ1n) is 6.52. The second-order valence-corrected chi connectivity index (χ2v) is 7.09. The lowest BCUT2D eigenvalue weighted by atomic mass is 9.91. The first-order valence-corrected chi connectivity index (χ1v) is 7.96. The van der Waals surface area contributed by atoms with E-state index >= 15 is 0 Å². The number of nitrogens with zero attached hydrogens (tertiary/aromatic N) is 1. The molecule has 0 saturated carbocycles. The van der Waals surface area contributed by atoms with Crippen LogP contribution in [0, 0.1) is 11.2 Å². The minimum Gasteiger partial charge on any atom is -0.266 e. The maximum atomic E-state index is 12.8. The van der Waals surface area contributed by atoms with Gasteiger partial charge in [0.2, 0.25) is 10.0 Å². The molecule has 1 radical (unpaired) electrons. The van der Waals surface area contributed by atoms with Gasteiger partial charge in [0.05, 0.1) is 5.69 Å². The Kier molecular flexibility index (Phi) is 2.22. The highest BCUT2D eigenvalue weighted by molar-refractivity contribution is 7.96. The van der Waals surface area contributed by atoms with Gasteiger partial charge in [-0.3, -0.25) is 4.31 Å². The molecule has 3 nitrogen and oxygen atoms in total. The summed E-state index contributed by atoms with van der Waals surface area (Å²) in [5, 5.41) is 0.544. The van der Waals surface area contributed by atoms with Crippen molar-refractivity contribution in [1.29, 1.82) is 0 Å². The molecule has 1 aromatic rings. The van der Waals surface area contributed by atoms with Gasteiger partial charge < -0.3 is 0 Å². The number of hydrogen-bond acceptors (Lipinski definition) is 2.